The number of carbonyl (C=O) groups excluding carboxylic acids is 1. The fourth-order valence-electron chi connectivity index (χ4n) is 3.21. The summed E-state index contributed by atoms with van der Waals surface area (Å²) in [5.74, 6) is -0.803. The third-order valence-corrected chi connectivity index (χ3v) is 5.08. The van der Waals surface area contributed by atoms with E-state index in [0.717, 1.165) is 19.4 Å². The number of nitrogens with one attached hydrogen (secondary N) is 2. The van der Waals surface area contributed by atoms with Crippen molar-refractivity contribution in [2.75, 3.05) is 6.54 Å². The van der Waals surface area contributed by atoms with E-state index in [1.807, 2.05) is 0 Å². The summed E-state index contributed by atoms with van der Waals surface area (Å²) in [4.78, 5) is 12.2. The van der Waals surface area contributed by atoms with Crippen LogP contribution in [0.5, 0.6) is 0 Å². The van der Waals surface area contributed by atoms with Gasteiger partial charge in [-0.1, -0.05) is 6.07 Å². The van der Waals surface area contributed by atoms with Crippen LogP contribution in [-0.2, 0) is 0 Å². The Bertz CT molecular complexity index is 531. The topological polar surface area (TPSA) is 41.1 Å². The van der Waals surface area contributed by atoms with Crippen LogP contribution in [0.15, 0.2) is 22.7 Å². The average molecular weight is 341 g/mol. The van der Waals surface area contributed by atoms with Gasteiger partial charge in [0.25, 0.3) is 5.91 Å². The van der Waals surface area contributed by atoms with Crippen LogP contribution in [0.3, 0.4) is 0 Å². The van der Waals surface area contributed by atoms with Crippen LogP contribution in [0.1, 0.15) is 42.5 Å². The number of halogens is 2. The van der Waals surface area contributed by atoms with Crippen LogP contribution in [-0.4, -0.2) is 24.0 Å². The second-order valence-electron chi connectivity index (χ2n) is 5.83. The van der Waals surface area contributed by atoms with Crippen LogP contribution in [0.4, 0.5) is 4.39 Å². The molecule has 3 nitrogen and oxygen atoms in total. The molecule has 1 aromatic carbocycles. The Kier molecular flexibility index (Phi) is 3.82. The molecule has 20 heavy (non-hydrogen) atoms. The van der Waals surface area contributed by atoms with E-state index < -0.39 is 5.82 Å². The maximum atomic E-state index is 13.9. The van der Waals surface area contributed by atoms with Gasteiger partial charge in [0, 0.05) is 11.6 Å². The molecule has 1 saturated heterocycles. The first-order valence-electron chi connectivity index (χ1n) is 7.10. The summed E-state index contributed by atoms with van der Waals surface area (Å²) >= 11 is 3.11. The fraction of sp³-hybridized carbons (Fsp3) is 0.533. The summed E-state index contributed by atoms with van der Waals surface area (Å²) in [6.07, 6.45) is 5.49. The van der Waals surface area contributed by atoms with Gasteiger partial charge in [-0.3, -0.25) is 4.79 Å². The van der Waals surface area contributed by atoms with Gasteiger partial charge in [0.2, 0.25) is 0 Å². The predicted molar refractivity (Wildman–Crippen MR) is 79.2 cm³/mol. The third-order valence-electron chi connectivity index (χ3n) is 4.47. The van der Waals surface area contributed by atoms with Crippen molar-refractivity contribution in [3.05, 3.63) is 34.1 Å². The second kappa shape index (κ2) is 5.45. The molecule has 2 N–H and O–H groups in total. The lowest BCUT2D eigenvalue weighted by Gasteiger charge is -2.48. The maximum absolute atomic E-state index is 13.9. The smallest absolute Gasteiger partial charge is 0.254 e. The van der Waals surface area contributed by atoms with Crippen molar-refractivity contribution in [2.24, 2.45) is 0 Å². The molecule has 1 aliphatic heterocycles. The van der Waals surface area contributed by atoms with Crippen LogP contribution in [0.25, 0.3) is 0 Å². The Morgan fingerprint density at radius 2 is 2.25 bits per heavy atom. The number of carbonyl (C=O) groups is 1. The number of piperidine rings is 1. The van der Waals surface area contributed by atoms with Crippen molar-refractivity contribution < 1.29 is 9.18 Å². The molecule has 1 unspecified atom stereocenters. The molecular formula is C15H18BrFN2O. The highest BCUT2D eigenvalue weighted by molar-refractivity contribution is 9.10. The van der Waals surface area contributed by atoms with Crippen LogP contribution >= 0.6 is 15.9 Å². The standard InChI is InChI=1S/C15H18BrFN2O/c16-12-4-1-3-11(13(12)17)14(20)19-10-5-8-18-15(9-10)6-2-7-15/h1,3-4,10,18H,2,5-9H2,(H,19,20). The molecule has 0 bridgehead atoms. The number of hydrogen-bond donors (Lipinski definition) is 2. The third kappa shape index (κ3) is 2.61. The van der Waals surface area contributed by atoms with E-state index in [9.17, 15) is 9.18 Å². The fourth-order valence-corrected chi connectivity index (χ4v) is 3.57. The average Bonchev–Trinajstić information content (AvgIpc) is 2.40. The van der Waals surface area contributed by atoms with Crippen LogP contribution in [0, 0.1) is 5.82 Å². The van der Waals surface area contributed by atoms with Gasteiger partial charge >= 0.3 is 0 Å². The SMILES string of the molecule is O=C(NC1CCNC2(CCC2)C1)c1cccc(Br)c1F. The molecule has 2 aliphatic rings. The zero-order chi connectivity index (χ0) is 14.2. The van der Waals surface area contributed by atoms with E-state index in [1.54, 1.807) is 12.1 Å². The van der Waals surface area contributed by atoms with Gasteiger partial charge in [-0.15, -0.1) is 0 Å². The van der Waals surface area contributed by atoms with E-state index in [-0.39, 0.29) is 23.1 Å². The lowest BCUT2D eigenvalue weighted by Crippen LogP contribution is -2.59. The first kappa shape index (κ1) is 14.0. The summed E-state index contributed by atoms with van der Waals surface area (Å²) in [5, 5.41) is 6.55. The molecule has 1 saturated carbocycles. The predicted octanol–water partition coefficient (Wildman–Crippen LogP) is 2.99. The van der Waals surface area contributed by atoms with Gasteiger partial charge in [-0.2, -0.15) is 0 Å². The summed E-state index contributed by atoms with van der Waals surface area (Å²) < 4.78 is 14.2. The zero-order valence-electron chi connectivity index (χ0n) is 11.2. The quantitative estimate of drug-likeness (QED) is 0.868. The Morgan fingerprint density at radius 3 is 2.95 bits per heavy atom. The van der Waals surface area contributed by atoms with E-state index in [0.29, 0.717) is 4.47 Å². The molecular weight excluding hydrogens is 323 g/mol. The van der Waals surface area contributed by atoms with E-state index in [1.165, 1.54) is 25.3 Å². The monoisotopic (exact) mass is 340 g/mol. The van der Waals surface area contributed by atoms with Gasteiger partial charge in [0.05, 0.1) is 10.0 Å². The molecule has 108 valence electrons. The molecule has 0 aromatic heterocycles. The molecule has 0 radical (unpaired) electrons. The van der Waals surface area contributed by atoms with Crippen molar-refractivity contribution >= 4 is 21.8 Å². The Morgan fingerprint density at radius 1 is 1.45 bits per heavy atom. The molecule has 2 fully saturated rings. The molecule has 1 amide bonds. The Balaban J connectivity index is 1.68. The largest absolute Gasteiger partial charge is 0.349 e. The summed E-state index contributed by atoms with van der Waals surface area (Å²) in [6.45, 7) is 0.923. The van der Waals surface area contributed by atoms with Crippen LogP contribution < -0.4 is 10.6 Å². The van der Waals surface area contributed by atoms with Crippen molar-refractivity contribution in [3.63, 3.8) is 0 Å². The number of amides is 1. The maximum Gasteiger partial charge on any atom is 0.254 e. The minimum absolute atomic E-state index is 0.112. The van der Waals surface area contributed by atoms with Gasteiger partial charge in [-0.05, 0) is 66.7 Å². The Labute approximate surface area is 126 Å². The normalized spacial score (nSPS) is 24.2. The van der Waals surface area contributed by atoms with Crippen molar-refractivity contribution in [2.45, 2.75) is 43.7 Å². The summed E-state index contributed by atoms with van der Waals surface area (Å²) in [5.41, 5.74) is 0.340. The first-order valence-corrected chi connectivity index (χ1v) is 7.89. The second-order valence-corrected chi connectivity index (χ2v) is 6.68. The molecule has 1 spiro atoms. The highest BCUT2D eigenvalue weighted by Gasteiger charge is 2.41. The van der Waals surface area contributed by atoms with Gasteiger partial charge in [-0.25, -0.2) is 4.39 Å². The minimum Gasteiger partial charge on any atom is -0.349 e. The molecule has 1 aromatic rings. The Hall–Kier alpha value is -0.940. The van der Waals surface area contributed by atoms with Crippen molar-refractivity contribution in [3.8, 4) is 0 Å². The molecule has 1 atom stereocenters. The molecule has 1 heterocycles. The van der Waals surface area contributed by atoms with Gasteiger partial charge in [0.15, 0.2) is 0 Å². The molecule has 3 rings (SSSR count). The number of hydrogen-bond acceptors (Lipinski definition) is 2. The van der Waals surface area contributed by atoms with E-state index in [4.69, 9.17) is 0 Å². The summed E-state index contributed by atoms with van der Waals surface area (Å²) in [6, 6.07) is 4.94. The highest BCUT2D eigenvalue weighted by Crippen LogP contribution is 2.38. The van der Waals surface area contributed by atoms with E-state index >= 15 is 0 Å². The molecule has 1 aliphatic carbocycles. The van der Waals surface area contributed by atoms with Gasteiger partial charge < -0.3 is 10.6 Å². The first-order chi connectivity index (χ1) is 9.60. The minimum atomic E-state index is -0.489. The van der Waals surface area contributed by atoms with E-state index in [2.05, 4.69) is 26.6 Å². The summed E-state index contributed by atoms with van der Waals surface area (Å²) in [7, 11) is 0. The highest BCUT2D eigenvalue weighted by atomic mass is 79.9. The van der Waals surface area contributed by atoms with Crippen LogP contribution in [0.2, 0.25) is 0 Å². The molecule has 5 heteroatoms. The number of benzene rings is 1. The lowest BCUT2D eigenvalue weighted by molar-refractivity contribution is 0.0849. The zero-order valence-corrected chi connectivity index (χ0v) is 12.8. The number of rotatable bonds is 2. The van der Waals surface area contributed by atoms with Crippen molar-refractivity contribution in [1.82, 2.24) is 10.6 Å². The van der Waals surface area contributed by atoms with Crippen molar-refractivity contribution in [1.29, 1.82) is 0 Å². The lowest BCUT2D eigenvalue weighted by atomic mass is 9.70. The van der Waals surface area contributed by atoms with Gasteiger partial charge in [0.1, 0.15) is 5.82 Å².